The van der Waals surface area contributed by atoms with Crippen molar-refractivity contribution >= 4 is 0 Å². The second-order valence-electron chi connectivity index (χ2n) is 5.42. The van der Waals surface area contributed by atoms with E-state index in [-0.39, 0.29) is 5.41 Å². The molecule has 1 heterocycles. The van der Waals surface area contributed by atoms with E-state index < -0.39 is 0 Å². The molecule has 0 spiro atoms. The van der Waals surface area contributed by atoms with E-state index in [0.29, 0.717) is 12.5 Å². The van der Waals surface area contributed by atoms with Crippen LogP contribution in [0.15, 0.2) is 12.1 Å². The van der Waals surface area contributed by atoms with E-state index in [4.69, 9.17) is 15.2 Å². The Kier molecular flexibility index (Phi) is 3.64. The van der Waals surface area contributed by atoms with E-state index in [1.165, 1.54) is 16.7 Å². The average molecular weight is 249 g/mol. The molecule has 100 valence electrons. The molecular formula is C15H23NO2. The van der Waals surface area contributed by atoms with E-state index in [0.717, 1.165) is 19.0 Å². The molecule has 0 aliphatic carbocycles. The van der Waals surface area contributed by atoms with Crippen LogP contribution in [0.3, 0.4) is 0 Å². The number of methoxy groups -OCH3 is 1. The summed E-state index contributed by atoms with van der Waals surface area (Å²) in [6.45, 7) is 8.58. The summed E-state index contributed by atoms with van der Waals surface area (Å²) < 4.78 is 11.0. The first-order valence-corrected chi connectivity index (χ1v) is 6.48. The standard InChI is InChI=1S/C15H23NO2/c1-10-5-13(14(17-4)6-11(10)2)15(8-18-9-15)12(3)7-16/h5-6,12H,7-9,16H2,1-4H3. The van der Waals surface area contributed by atoms with Gasteiger partial charge < -0.3 is 15.2 Å². The Hall–Kier alpha value is -1.06. The van der Waals surface area contributed by atoms with Crippen molar-refractivity contribution in [3.05, 3.63) is 28.8 Å². The van der Waals surface area contributed by atoms with Crippen molar-refractivity contribution in [1.29, 1.82) is 0 Å². The number of rotatable bonds is 4. The fraction of sp³-hybridized carbons (Fsp3) is 0.600. The van der Waals surface area contributed by atoms with Gasteiger partial charge in [-0.2, -0.15) is 0 Å². The van der Waals surface area contributed by atoms with Gasteiger partial charge in [0.2, 0.25) is 0 Å². The SMILES string of the molecule is COc1cc(C)c(C)cc1C1(C(C)CN)COC1. The van der Waals surface area contributed by atoms with Gasteiger partial charge in [-0.1, -0.05) is 13.0 Å². The maximum atomic E-state index is 5.87. The Labute approximate surface area is 109 Å². The van der Waals surface area contributed by atoms with Crippen LogP contribution in [0.25, 0.3) is 0 Å². The molecule has 1 aliphatic heterocycles. The Bertz CT molecular complexity index is 438. The molecule has 0 amide bonds. The average Bonchev–Trinajstić information content (AvgIpc) is 2.31. The molecular weight excluding hydrogens is 226 g/mol. The molecule has 0 saturated carbocycles. The van der Waals surface area contributed by atoms with Crippen LogP contribution < -0.4 is 10.5 Å². The normalized spacial score (nSPS) is 19.2. The van der Waals surface area contributed by atoms with Gasteiger partial charge in [-0.3, -0.25) is 0 Å². The second kappa shape index (κ2) is 4.90. The maximum Gasteiger partial charge on any atom is 0.123 e. The van der Waals surface area contributed by atoms with Crippen LogP contribution in [-0.2, 0) is 10.2 Å². The van der Waals surface area contributed by atoms with Crippen LogP contribution in [0.5, 0.6) is 5.75 Å². The summed E-state index contributed by atoms with van der Waals surface area (Å²) in [6, 6.07) is 4.36. The van der Waals surface area contributed by atoms with Gasteiger partial charge in [-0.25, -0.2) is 0 Å². The summed E-state index contributed by atoms with van der Waals surface area (Å²) in [5.41, 5.74) is 9.69. The lowest BCUT2D eigenvalue weighted by atomic mass is 9.68. The van der Waals surface area contributed by atoms with Crippen LogP contribution in [0.2, 0.25) is 0 Å². The number of benzene rings is 1. The summed E-state index contributed by atoms with van der Waals surface area (Å²) in [6.07, 6.45) is 0. The van der Waals surface area contributed by atoms with E-state index in [1.807, 2.05) is 0 Å². The maximum absolute atomic E-state index is 5.87. The lowest BCUT2D eigenvalue weighted by Crippen LogP contribution is -2.53. The van der Waals surface area contributed by atoms with E-state index >= 15 is 0 Å². The molecule has 0 bridgehead atoms. The molecule has 3 heteroatoms. The zero-order valence-corrected chi connectivity index (χ0v) is 11.7. The van der Waals surface area contributed by atoms with Crippen molar-refractivity contribution < 1.29 is 9.47 Å². The molecule has 2 N–H and O–H groups in total. The third-order valence-electron chi connectivity index (χ3n) is 4.37. The topological polar surface area (TPSA) is 44.5 Å². The van der Waals surface area contributed by atoms with Crippen molar-refractivity contribution in [3.8, 4) is 5.75 Å². The lowest BCUT2D eigenvalue weighted by Gasteiger charge is -2.47. The molecule has 1 fully saturated rings. The number of aryl methyl sites for hydroxylation is 2. The van der Waals surface area contributed by atoms with E-state index in [2.05, 4.69) is 32.9 Å². The summed E-state index contributed by atoms with van der Waals surface area (Å²) in [5, 5.41) is 0. The Morgan fingerprint density at radius 1 is 1.33 bits per heavy atom. The van der Waals surface area contributed by atoms with Gasteiger partial charge in [0.1, 0.15) is 5.75 Å². The third kappa shape index (κ3) is 1.91. The number of hydrogen-bond donors (Lipinski definition) is 1. The first-order chi connectivity index (χ1) is 8.55. The van der Waals surface area contributed by atoms with Crippen LogP contribution >= 0.6 is 0 Å². The quantitative estimate of drug-likeness (QED) is 0.889. The smallest absolute Gasteiger partial charge is 0.123 e. The summed E-state index contributed by atoms with van der Waals surface area (Å²) >= 11 is 0. The molecule has 0 aromatic heterocycles. The molecule has 1 aromatic rings. The molecule has 1 atom stereocenters. The summed E-state index contributed by atoms with van der Waals surface area (Å²) in [7, 11) is 1.73. The highest BCUT2D eigenvalue weighted by molar-refractivity contribution is 5.47. The molecule has 1 unspecified atom stereocenters. The summed E-state index contributed by atoms with van der Waals surface area (Å²) in [5.74, 6) is 1.35. The molecule has 1 aliphatic rings. The van der Waals surface area contributed by atoms with Crippen LogP contribution in [0.4, 0.5) is 0 Å². The zero-order chi connectivity index (χ0) is 13.3. The first-order valence-electron chi connectivity index (χ1n) is 6.48. The highest BCUT2D eigenvalue weighted by Gasteiger charge is 2.46. The van der Waals surface area contributed by atoms with Crippen molar-refractivity contribution in [1.82, 2.24) is 0 Å². The Morgan fingerprint density at radius 3 is 2.39 bits per heavy atom. The van der Waals surface area contributed by atoms with E-state index in [1.54, 1.807) is 7.11 Å². The van der Waals surface area contributed by atoms with Gasteiger partial charge in [0.15, 0.2) is 0 Å². The molecule has 3 nitrogen and oxygen atoms in total. The monoisotopic (exact) mass is 249 g/mol. The minimum absolute atomic E-state index is 0.0263. The van der Waals surface area contributed by atoms with Crippen molar-refractivity contribution in [2.45, 2.75) is 26.2 Å². The van der Waals surface area contributed by atoms with Gasteiger partial charge in [-0.05, 0) is 43.5 Å². The highest BCUT2D eigenvalue weighted by Crippen LogP contribution is 2.44. The predicted octanol–water partition coefficient (Wildman–Crippen LogP) is 2.17. The zero-order valence-electron chi connectivity index (χ0n) is 11.7. The van der Waals surface area contributed by atoms with Gasteiger partial charge >= 0.3 is 0 Å². The Morgan fingerprint density at radius 2 is 1.94 bits per heavy atom. The number of nitrogens with two attached hydrogens (primary N) is 1. The van der Waals surface area contributed by atoms with Gasteiger partial charge in [0, 0.05) is 11.0 Å². The van der Waals surface area contributed by atoms with Crippen molar-refractivity contribution in [3.63, 3.8) is 0 Å². The Balaban J connectivity index is 2.51. The van der Waals surface area contributed by atoms with Gasteiger partial charge in [-0.15, -0.1) is 0 Å². The fourth-order valence-electron chi connectivity index (χ4n) is 2.60. The van der Waals surface area contributed by atoms with Crippen molar-refractivity contribution in [2.75, 3.05) is 26.9 Å². The second-order valence-corrected chi connectivity index (χ2v) is 5.42. The third-order valence-corrected chi connectivity index (χ3v) is 4.37. The van der Waals surface area contributed by atoms with Crippen LogP contribution in [0, 0.1) is 19.8 Å². The first kappa shape index (κ1) is 13.4. The lowest BCUT2D eigenvalue weighted by molar-refractivity contribution is -0.0863. The number of ether oxygens (including phenoxy) is 2. The van der Waals surface area contributed by atoms with Crippen LogP contribution in [0.1, 0.15) is 23.6 Å². The molecule has 0 radical (unpaired) electrons. The minimum Gasteiger partial charge on any atom is -0.496 e. The van der Waals surface area contributed by atoms with Gasteiger partial charge in [0.25, 0.3) is 0 Å². The highest BCUT2D eigenvalue weighted by atomic mass is 16.5. The van der Waals surface area contributed by atoms with Crippen molar-refractivity contribution in [2.24, 2.45) is 11.7 Å². The molecule has 2 rings (SSSR count). The molecule has 1 aromatic carbocycles. The summed E-state index contributed by atoms with van der Waals surface area (Å²) in [4.78, 5) is 0. The molecule has 1 saturated heterocycles. The molecule has 18 heavy (non-hydrogen) atoms. The van der Waals surface area contributed by atoms with E-state index in [9.17, 15) is 0 Å². The minimum atomic E-state index is 0.0263. The van der Waals surface area contributed by atoms with Crippen LogP contribution in [-0.4, -0.2) is 26.9 Å². The fourth-order valence-corrected chi connectivity index (χ4v) is 2.60. The van der Waals surface area contributed by atoms with Gasteiger partial charge in [0.05, 0.1) is 20.3 Å². The largest absolute Gasteiger partial charge is 0.496 e. The predicted molar refractivity (Wildman–Crippen MR) is 73.2 cm³/mol. The number of hydrogen-bond acceptors (Lipinski definition) is 3.